The molecule has 1 aromatic heterocycles. The maximum absolute atomic E-state index is 9.76. The Morgan fingerprint density at radius 3 is 1.83 bits per heavy atom. The molecule has 0 atom stereocenters. The van der Waals surface area contributed by atoms with Crippen LogP contribution in [-0.4, -0.2) is 38.8 Å². The number of hydrogen-bond donors (Lipinski definition) is 0. The summed E-state index contributed by atoms with van der Waals surface area (Å²) in [6.07, 6.45) is 0. The Balaban J connectivity index is 0.000000189. The highest BCUT2D eigenvalue weighted by Crippen LogP contribution is 2.39. The van der Waals surface area contributed by atoms with Crippen molar-refractivity contribution in [3.05, 3.63) is 135 Å². The monoisotopic (exact) mass is 761 g/mol. The van der Waals surface area contributed by atoms with Gasteiger partial charge in [-0.2, -0.15) is 0 Å². The topological polar surface area (TPSA) is 68.2 Å². The molecule has 0 radical (unpaired) electrons. The Kier molecular flexibility index (Phi) is 13.9. The number of nitrogens with zero attached hydrogens (tertiary/aromatic N) is 1. The Bertz CT molecular complexity index is 1840. The van der Waals surface area contributed by atoms with E-state index in [4.69, 9.17) is 18.9 Å². The van der Waals surface area contributed by atoms with Gasteiger partial charge in [0, 0.05) is 25.0 Å². The molecule has 5 aromatic carbocycles. The van der Waals surface area contributed by atoms with Gasteiger partial charge in [-0.15, -0.1) is 0 Å². The summed E-state index contributed by atoms with van der Waals surface area (Å²) < 4.78 is 29.8. The minimum absolute atomic E-state index is 0.200. The summed E-state index contributed by atoms with van der Waals surface area (Å²) in [5.41, 5.74) is 6.68. The fraction of sp³-hybridized carbons (Fsp3) is 0.184. The maximum atomic E-state index is 9.76. The molecule has 0 saturated heterocycles. The first-order chi connectivity index (χ1) is 22.9. The summed E-state index contributed by atoms with van der Waals surface area (Å²) in [6.45, 7) is 5.41. The van der Waals surface area contributed by atoms with Crippen LogP contribution in [0.1, 0.15) is 16.7 Å². The molecule has 0 bridgehead atoms. The average molecular weight is 764 g/mol. The molecule has 0 aliphatic rings. The lowest BCUT2D eigenvalue weighted by Gasteiger charge is -2.16. The van der Waals surface area contributed by atoms with Crippen molar-refractivity contribution < 1.29 is 28.5 Å². The standard InChI is InChI=1S/C21H18BrNO2.C9H11BrO2.C8H8O2/c1-14-11-17(22)21(25-13-24-2)20(12-14)23-18-9-5-3-7-15(18)16-8-4-6-10-19(16)23;1-7-3-4-9(8(10)5-7)12-6-11-2;9-7-10-6-8-4-2-1-3-5-8/h3-12H,13H2,1-2H3;3-5H,6H2,1-2H3;1-5,7H,6H2. The van der Waals surface area contributed by atoms with Gasteiger partial charge in [0.25, 0.3) is 6.47 Å². The zero-order chi connectivity index (χ0) is 33.6. The molecule has 0 fully saturated rings. The van der Waals surface area contributed by atoms with Crippen LogP contribution in [0.2, 0.25) is 0 Å². The van der Waals surface area contributed by atoms with Crippen LogP contribution in [0.25, 0.3) is 27.5 Å². The summed E-state index contributed by atoms with van der Waals surface area (Å²) in [7, 11) is 3.23. The number of fused-ring (bicyclic) bond motifs is 3. The lowest BCUT2D eigenvalue weighted by molar-refractivity contribution is -0.129. The fourth-order valence-corrected chi connectivity index (χ4v) is 6.16. The molecule has 0 unspecified atom stereocenters. The van der Waals surface area contributed by atoms with Gasteiger partial charge in [-0.05, 0) is 98.8 Å². The summed E-state index contributed by atoms with van der Waals surface area (Å²) in [6, 6.07) is 36.6. The molecule has 0 aliphatic carbocycles. The minimum atomic E-state index is 0.200. The quantitative estimate of drug-likeness (QED) is 0.102. The van der Waals surface area contributed by atoms with Crippen LogP contribution < -0.4 is 9.47 Å². The Labute approximate surface area is 292 Å². The van der Waals surface area contributed by atoms with Crippen LogP contribution in [0, 0.1) is 13.8 Å². The van der Waals surface area contributed by atoms with Crippen molar-refractivity contribution in [1.29, 1.82) is 0 Å². The second-order valence-electron chi connectivity index (χ2n) is 10.4. The van der Waals surface area contributed by atoms with Gasteiger partial charge in [-0.3, -0.25) is 4.79 Å². The molecular formula is C38H37Br2NO6. The smallest absolute Gasteiger partial charge is 0.293 e. The van der Waals surface area contributed by atoms with Crippen LogP contribution in [0.15, 0.2) is 118 Å². The number of aryl methyl sites for hydroxylation is 2. The van der Waals surface area contributed by atoms with E-state index in [1.165, 1.54) is 16.3 Å². The van der Waals surface area contributed by atoms with Gasteiger partial charge in [0.15, 0.2) is 19.3 Å². The molecule has 1 heterocycles. The number of rotatable bonds is 10. The summed E-state index contributed by atoms with van der Waals surface area (Å²) in [5.74, 6) is 1.58. The predicted molar refractivity (Wildman–Crippen MR) is 194 cm³/mol. The van der Waals surface area contributed by atoms with Gasteiger partial charge < -0.3 is 28.3 Å². The zero-order valence-electron chi connectivity index (χ0n) is 26.7. The normalized spacial score (nSPS) is 10.4. The summed E-state index contributed by atoms with van der Waals surface area (Å²) in [4.78, 5) is 9.76. The van der Waals surface area contributed by atoms with Crippen LogP contribution >= 0.6 is 31.9 Å². The molecule has 244 valence electrons. The molecule has 7 nitrogen and oxygen atoms in total. The summed E-state index contributed by atoms with van der Waals surface area (Å²) in [5, 5.41) is 2.46. The third-order valence-electron chi connectivity index (χ3n) is 6.89. The Morgan fingerprint density at radius 2 is 1.23 bits per heavy atom. The molecule has 0 spiro atoms. The third-order valence-corrected chi connectivity index (χ3v) is 8.10. The van der Waals surface area contributed by atoms with Crippen molar-refractivity contribution in [1.82, 2.24) is 4.57 Å². The SMILES string of the molecule is COCOc1c(Br)cc(C)cc1-n1c2ccccc2c2ccccc21.COCOc1ccc(C)cc1Br.O=COCc1ccccc1. The number of ether oxygens (including phenoxy) is 5. The van der Waals surface area contributed by atoms with Crippen molar-refractivity contribution in [2.45, 2.75) is 20.5 Å². The van der Waals surface area contributed by atoms with Crippen molar-refractivity contribution in [3.8, 4) is 17.2 Å². The fourth-order valence-electron chi connectivity index (χ4n) is 4.87. The summed E-state index contributed by atoms with van der Waals surface area (Å²) >= 11 is 7.04. The lowest BCUT2D eigenvalue weighted by atomic mass is 10.2. The second kappa shape index (κ2) is 18.3. The molecule has 6 aromatic rings. The number of hydrogen-bond acceptors (Lipinski definition) is 6. The number of methoxy groups -OCH3 is 2. The lowest BCUT2D eigenvalue weighted by Crippen LogP contribution is -2.05. The number of aromatic nitrogens is 1. The first kappa shape index (κ1) is 35.7. The van der Waals surface area contributed by atoms with E-state index in [1.54, 1.807) is 14.2 Å². The van der Waals surface area contributed by atoms with Gasteiger partial charge in [0.1, 0.15) is 12.4 Å². The van der Waals surface area contributed by atoms with Gasteiger partial charge in [-0.25, -0.2) is 0 Å². The number of carbonyl (C=O) groups is 1. The Hall–Kier alpha value is -4.15. The molecule has 0 saturated carbocycles. The van der Waals surface area contributed by atoms with E-state index in [9.17, 15) is 4.79 Å². The van der Waals surface area contributed by atoms with E-state index in [0.29, 0.717) is 13.1 Å². The van der Waals surface area contributed by atoms with Crippen LogP contribution in [0.3, 0.4) is 0 Å². The van der Waals surface area contributed by atoms with Crippen LogP contribution in [0.4, 0.5) is 0 Å². The van der Waals surface area contributed by atoms with Gasteiger partial charge in [0.2, 0.25) is 0 Å². The first-order valence-electron chi connectivity index (χ1n) is 14.7. The molecule has 0 aliphatic heterocycles. The van der Waals surface area contributed by atoms with Crippen LogP contribution in [0.5, 0.6) is 11.5 Å². The first-order valence-corrected chi connectivity index (χ1v) is 16.3. The average Bonchev–Trinajstić information content (AvgIpc) is 3.42. The number of halogens is 2. The van der Waals surface area contributed by atoms with Gasteiger partial charge >= 0.3 is 0 Å². The molecular weight excluding hydrogens is 726 g/mol. The van der Waals surface area contributed by atoms with E-state index in [2.05, 4.69) is 109 Å². The third kappa shape index (κ3) is 9.68. The van der Waals surface area contributed by atoms with Gasteiger partial charge in [0.05, 0.1) is 25.7 Å². The predicted octanol–water partition coefficient (Wildman–Crippen LogP) is 9.94. The van der Waals surface area contributed by atoms with E-state index in [1.807, 2.05) is 55.5 Å². The largest absolute Gasteiger partial charge is 0.466 e. The van der Waals surface area contributed by atoms with Crippen molar-refractivity contribution in [3.63, 3.8) is 0 Å². The van der Waals surface area contributed by atoms with Crippen LogP contribution in [-0.2, 0) is 25.6 Å². The minimum Gasteiger partial charge on any atom is -0.466 e. The highest BCUT2D eigenvalue weighted by Gasteiger charge is 2.17. The van der Waals surface area contributed by atoms with Crippen molar-refractivity contribution in [2.24, 2.45) is 0 Å². The van der Waals surface area contributed by atoms with E-state index >= 15 is 0 Å². The highest BCUT2D eigenvalue weighted by molar-refractivity contribution is 9.11. The number of para-hydroxylation sites is 2. The number of benzene rings is 5. The van der Waals surface area contributed by atoms with Crippen molar-refractivity contribution >= 4 is 60.1 Å². The molecule has 47 heavy (non-hydrogen) atoms. The van der Waals surface area contributed by atoms with Crippen molar-refractivity contribution in [2.75, 3.05) is 27.8 Å². The molecule has 0 amide bonds. The molecule has 6 rings (SSSR count). The van der Waals surface area contributed by atoms with E-state index in [-0.39, 0.29) is 13.6 Å². The Morgan fingerprint density at radius 1 is 0.660 bits per heavy atom. The highest BCUT2D eigenvalue weighted by atomic mass is 79.9. The maximum Gasteiger partial charge on any atom is 0.293 e. The van der Waals surface area contributed by atoms with E-state index in [0.717, 1.165) is 48.3 Å². The zero-order valence-corrected chi connectivity index (χ0v) is 29.9. The molecule has 0 N–H and O–H groups in total. The van der Waals surface area contributed by atoms with Gasteiger partial charge in [-0.1, -0.05) is 72.8 Å². The van der Waals surface area contributed by atoms with E-state index < -0.39 is 0 Å². The second-order valence-corrected chi connectivity index (χ2v) is 12.1. The molecule has 9 heteroatoms. The number of carbonyl (C=O) groups excluding carboxylic acids is 1.